The number of aliphatic imine (C=N–C) groups is 1. The number of hydrogen-bond acceptors (Lipinski definition) is 3. The number of likely N-dealkylation sites (N-methyl/N-ethyl adjacent to an activating group) is 1. The van der Waals surface area contributed by atoms with Crippen LogP contribution in [0.15, 0.2) is 4.99 Å². The highest BCUT2D eigenvalue weighted by molar-refractivity contribution is 14.0. The number of nitrogens with zero attached hydrogens (tertiary/aromatic N) is 3. The third-order valence-electron chi connectivity index (χ3n) is 3.66. The molecule has 0 amide bonds. The Morgan fingerprint density at radius 1 is 1.42 bits per heavy atom. The molecule has 1 aliphatic rings. The molecule has 1 rings (SSSR count). The highest BCUT2D eigenvalue weighted by Gasteiger charge is 2.29. The fourth-order valence-corrected chi connectivity index (χ4v) is 3.71. The Morgan fingerprint density at radius 3 is 2.62 bits per heavy atom. The molecule has 144 valence electrons. The Balaban J connectivity index is 0.00000529. The van der Waals surface area contributed by atoms with Gasteiger partial charge in [0, 0.05) is 37.2 Å². The number of halogens is 4. The average Bonchev–Trinajstić information content (AvgIpc) is 2.44. The van der Waals surface area contributed by atoms with E-state index in [2.05, 4.69) is 29.1 Å². The SMILES string of the molecule is CCNC(=NCCN(C)CC(F)(F)F)N1CCSC(C(C)C)C1.I. The standard InChI is InChI=1S/C15H29F3N4S.HI/c1-5-19-14(20-6-7-21(4)11-15(16,17)18)22-8-9-23-13(10-22)12(2)3;/h12-13H,5-11H2,1-4H3,(H,19,20);1H. The molecule has 1 saturated heterocycles. The number of rotatable bonds is 6. The maximum atomic E-state index is 12.3. The van der Waals surface area contributed by atoms with E-state index in [0.717, 1.165) is 31.3 Å². The molecule has 0 aromatic carbocycles. The lowest BCUT2D eigenvalue weighted by Crippen LogP contribution is -2.49. The second-order valence-electron chi connectivity index (χ2n) is 6.19. The Labute approximate surface area is 165 Å². The first-order valence-electron chi connectivity index (χ1n) is 8.13. The van der Waals surface area contributed by atoms with Crippen molar-refractivity contribution in [3.05, 3.63) is 0 Å². The van der Waals surface area contributed by atoms with Crippen molar-refractivity contribution in [1.82, 2.24) is 15.1 Å². The van der Waals surface area contributed by atoms with E-state index < -0.39 is 12.7 Å². The number of hydrogen-bond donors (Lipinski definition) is 1. The molecule has 9 heteroatoms. The zero-order valence-corrected chi connectivity index (χ0v) is 18.0. The molecule has 1 aliphatic heterocycles. The van der Waals surface area contributed by atoms with Crippen LogP contribution in [0.1, 0.15) is 20.8 Å². The van der Waals surface area contributed by atoms with Crippen LogP contribution in [-0.2, 0) is 0 Å². The predicted molar refractivity (Wildman–Crippen MR) is 108 cm³/mol. The van der Waals surface area contributed by atoms with Gasteiger partial charge in [0.25, 0.3) is 0 Å². The lowest BCUT2D eigenvalue weighted by molar-refractivity contribution is -0.142. The van der Waals surface area contributed by atoms with E-state index in [0.29, 0.717) is 24.3 Å². The quantitative estimate of drug-likeness (QED) is 0.358. The average molecular weight is 482 g/mol. The summed E-state index contributed by atoms with van der Waals surface area (Å²) in [5, 5.41) is 3.83. The van der Waals surface area contributed by atoms with E-state index in [9.17, 15) is 13.2 Å². The van der Waals surface area contributed by atoms with Gasteiger partial charge >= 0.3 is 6.18 Å². The predicted octanol–water partition coefficient (Wildman–Crippen LogP) is 3.14. The summed E-state index contributed by atoms with van der Waals surface area (Å²) in [6, 6.07) is 0. The fourth-order valence-electron chi connectivity index (χ4n) is 2.41. The second kappa shape index (κ2) is 11.7. The first-order valence-corrected chi connectivity index (χ1v) is 9.18. The van der Waals surface area contributed by atoms with Crippen LogP contribution in [0.4, 0.5) is 13.2 Å². The van der Waals surface area contributed by atoms with E-state index >= 15 is 0 Å². The van der Waals surface area contributed by atoms with E-state index in [-0.39, 0.29) is 24.0 Å². The van der Waals surface area contributed by atoms with Crippen LogP contribution in [0.3, 0.4) is 0 Å². The van der Waals surface area contributed by atoms with Gasteiger partial charge in [0.15, 0.2) is 5.96 Å². The minimum Gasteiger partial charge on any atom is -0.357 e. The van der Waals surface area contributed by atoms with E-state index in [1.807, 2.05) is 18.7 Å². The minimum absolute atomic E-state index is 0. The molecule has 1 heterocycles. The number of guanidine groups is 1. The molecule has 0 radical (unpaired) electrons. The fraction of sp³-hybridized carbons (Fsp3) is 0.933. The van der Waals surface area contributed by atoms with Crippen molar-refractivity contribution in [1.29, 1.82) is 0 Å². The topological polar surface area (TPSA) is 30.9 Å². The van der Waals surface area contributed by atoms with Crippen molar-refractivity contribution in [3.63, 3.8) is 0 Å². The molecular formula is C15H30F3IN4S. The van der Waals surface area contributed by atoms with E-state index in [1.54, 1.807) is 0 Å². The lowest BCUT2D eigenvalue weighted by atomic mass is 10.1. The summed E-state index contributed by atoms with van der Waals surface area (Å²) in [4.78, 5) is 8.00. The van der Waals surface area contributed by atoms with Crippen molar-refractivity contribution < 1.29 is 13.2 Å². The molecule has 4 nitrogen and oxygen atoms in total. The van der Waals surface area contributed by atoms with Gasteiger partial charge in [-0.25, -0.2) is 0 Å². The van der Waals surface area contributed by atoms with Crippen LogP contribution < -0.4 is 5.32 Å². The molecule has 24 heavy (non-hydrogen) atoms. The third-order valence-corrected chi connectivity index (χ3v) is 5.20. The van der Waals surface area contributed by atoms with Crippen molar-refractivity contribution in [2.75, 3.05) is 52.1 Å². The molecule has 0 aromatic heterocycles. The summed E-state index contributed by atoms with van der Waals surface area (Å²) in [5.41, 5.74) is 0. The molecule has 1 unspecified atom stereocenters. The monoisotopic (exact) mass is 482 g/mol. The second-order valence-corrected chi connectivity index (χ2v) is 7.53. The summed E-state index contributed by atoms with van der Waals surface area (Å²) >= 11 is 1.99. The van der Waals surface area contributed by atoms with Crippen LogP contribution in [0.5, 0.6) is 0 Å². The Kier molecular flexibility index (Phi) is 11.7. The van der Waals surface area contributed by atoms with Gasteiger partial charge in [0.05, 0.1) is 13.1 Å². The highest BCUT2D eigenvalue weighted by Crippen LogP contribution is 2.24. The zero-order valence-electron chi connectivity index (χ0n) is 14.9. The van der Waals surface area contributed by atoms with Crippen molar-refractivity contribution >= 4 is 41.7 Å². The molecule has 0 aliphatic carbocycles. The molecule has 0 saturated carbocycles. The Hall–Kier alpha value is 0.1000. The van der Waals surface area contributed by atoms with Gasteiger partial charge in [-0.2, -0.15) is 24.9 Å². The van der Waals surface area contributed by atoms with Gasteiger partial charge in [-0.15, -0.1) is 24.0 Å². The largest absolute Gasteiger partial charge is 0.401 e. The van der Waals surface area contributed by atoms with Crippen LogP contribution in [-0.4, -0.2) is 79.3 Å². The van der Waals surface area contributed by atoms with Crippen molar-refractivity contribution in [2.45, 2.75) is 32.2 Å². The van der Waals surface area contributed by atoms with E-state index in [1.165, 1.54) is 11.9 Å². The molecule has 0 aromatic rings. The number of alkyl halides is 3. The normalized spacial score (nSPS) is 19.6. The third kappa shape index (κ3) is 9.55. The van der Waals surface area contributed by atoms with Gasteiger partial charge < -0.3 is 10.2 Å². The van der Waals surface area contributed by atoms with E-state index in [4.69, 9.17) is 0 Å². The van der Waals surface area contributed by atoms with Gasteiger partial charge in [-0.3, -0.25) is 9.89 Å². The van der Waals surface area contributed by atoms with Gasteiger partial charge in [-0.1, -0.05) is 13.8 Å². The smallest absolute Gasteiger partial charge is 0.357 e. The lowest BCUT2D eigenvalue weighted by Gasteiger charge is -2.36. The summed E-state index contributed by atoms with van der Waals surface area (Å²) in [6.45, 7) is 8.83. The maximum absolute atomic E-state index is 12.3. The van der Waals surface area contributed by atoms with Crippen LogP contribution in [0, 0.1) is 5.92 Å². The summed E-state index contributed by atoms with van der Waals surface area (Å²) in [7, 11) is 1.47. The van der Waals surface area contributed by atoms with Crippen molar-refractivity contribution in [3.8, 4) is 0 Å². The molecule has 1 atom stereocenters. The zero-order chi connectivity index (χ0) is 17.5. The molecule has 1 N–H and O–H groups in total. The first-order chi connectivity index (χ1) is 10.7. The van der Waals surface area contributed by atoms with Gasteiger partial charge in [-0.05, 0) is 19.9 Å². The summed E-state index contributed by atoms with van der Waals surface area (Å²) in [6.07, 6.45) is -4.16. The molecule has 1 fully saturated rings. The maximum Gasteiger partial charge on any atom is 0.401 e. The summed E-state index contributed by atoms with van der Waals surface area (Å²) in [5.74, 6) is 2.48. The van der Waals surface area contributed by atoms with Gasteiger partial charge in [0.1, 0.15) is 0 Å². The molecule has 0 spiro atoms. The van der Waals surface area contributed by atoms with Crippen LogP contribution >= 0.6 is 35.7 Å². The highest BCUT2D eigenvalue weighted by atomic mass is 127. The Bertz CT molecular complexity index is 380. The van der Waals surface area contributed by atoms with Crippen LogP contribution in [0.2, 0.25) is 0 Å². The van der Waals surface area contributed by atoms with Crippen LogP contribution in [0.25, 0.3) is 0 Å². The molecule has 0 bridgehead atoms. The minimum atomic E-state index is -4.16. The first kappa shape index (κ1) is 24.1. The molecular weight excluding hydrogens is 452 g/mol. The van der Waals surface area contributed by atoms with Gasteiger partial charge in [0.2, 0.25) is 0 Å². The summed E-state index contributed by atoms with van der Waals surface area (Å²) < 4.78 is 37.0. The Morgan fingerprint density at radius 2 is 2.08 bits per heavy atom. The number of thioether (sulfide) groups is 1. The van der Waals surface area contributed by atoms with Crippen molar-refractivity contribution in [2.24, 2.45) is 10.9 Å². The number of nitrogens with one attached hydrogen (secondary N) is 1.